The lowest BCUT2D eigenvalue weighted by Crippen LogP contribution is -2.67. The highest BCUT2D eigenvalue weighted by molar-refractivity contribution is 6.32. The minimum atomic E-state index is -2.77. The number of aromatic hydroxyl groups is 1. The van der Waals surface area contributed by atoms with Gasteiger partial charge in [0.05, 0.1) is 17.3 Å². The van der Waals surface area contributed by atoms with Crippen LogP contribution in [0.1, 0.15) is 24.5 Å². The van der Waals surface area contributed by atoms with E-state index in [4.69, 9.17) is 17.3 Å². The zero-order chi connectivity index (χ0) is 25.5. The largest absolute Gasteiger partial charge is 0.508 e. The summed E-state index contributed by atoms with van der Waals surface area (Å²) in [5.74, 6) is -7.43. The van der Waals surface area contributed by atoms with Crippen molar-refractivity contribution >= 4 is 34.8 Å². The van der Waals surface area contributed by atoms with Crippen molar-refractivity contribution in [2.45, 2.75) is 30.6 Å². The molecule has 3 aliphatic rings. The highest BCUT2D eigenvalue weighted by Gasteiger charge is 2.66. The highest BCUT2D eigenvalue weighted by Crippen LogP contribution is 2.58. The minimum Gasteiger partial charge on any atom is -0.508 e. The van der Waals surface area contributed by atoms with Crippen molar-refractivity contribution in [2.24, 2.45) is 17.6 Å². The number of nitrogens with one attached hydrogen (secondary N) is 1. The van der Waals surface area contributed by atoms with E-state index in [2.05, 4.69) is 0 Å². The van der Waals surface area contributed by atoms with Crippen molar-refractivity contribution in [2.75, 3.05) is 14.1 Å². The Morgan fingerprint density at radius 2 is 1.85 bits per heavy atom. The first-order chi connectivity index (χ1) is 15.7. The number of hydrogen-bond donors (Lipinski definition) is 7. The monoisotopic (exact) mass is 493 g/mol. The summed E-state index contributed by atoms with van der Waals surface area (Å²) in [4.78, 5) is 40.4. The SMILES string of the molecule is CN(C)[C@@H]1C(=O)C(C(N)=O)=C(O)C2(O)C(=O)C3=C(NO)c4c(O)ccc(Cl)c4C(C)(O)C3CC12. The van der Waals surface area contributed by atoms with E-state index in [9.17, 15) is 40.0 Å². The molecule has 0 saturated heterocycles. The molecule has 4 rings (SSSR count). The number of hydroxylamine groups is 1. The van der Waals surface area contributed by atoms with Gasteiger partial charge in [-0.05, 0) is 39.6 Å². The third-order valence-corrected chi connectivity index (χ3v) is 7.53. The topological polar surface area (TPSA) is 194 Å². The molecule has 1 aromatic rings. The molecule has 0 spiro atoms. The van der Waals surface area contributed by atoms with E-state index in [1.165, 1.54) is 38.1 Å². The number of nitrogens with two attached hydrogens (primary N) is 1. The average Bonchev–Trinajstić information content (AvgIpc) is 2.73. The fourth-order valence-electron chi connectivity index (χ4n) is 5.72. The van der Waals surface area contributed by atoms with Gasteiger partial charge in [0.2, 0.25) is 5.78 Å². The number of nitrogens with zero attached hydrogens (tertiary/aromatic N) is 1. The number of fused-ring (bicyclic) bond motifs is 3. The second kappa shape index (κ2) is 7.52. The molecule has 182 valence electrons. The van der Waals surface area contributed by atoms with Crippen molar-refractivity contribution in [3.8, 4) is 5.75 Å². The van der Waals surface area contributed by atoms with Crippen LogP contribution in [0, 0.1) is 11.8 Å². The number of halogens is 1. The smallest absolute Gasteiger partial charge is 0.255 e. The molecule has 34 heavy (non-hydrogen) atoms. The van der Waals surface area contributed by atoms with Crippen LogP contribution < -0.4 is 11.2 Å². The summed E-state index contributed by atoms with van der Waals surface area (Å²) in [7, 11) is 2.98. The zero-order valence-electron chi connectivity index (χ0n) is 18.5. The Morgan fingerprint density at radius 1 is 1.24 bits per heavy atom. The molecule has 0 radical (unpaired) electrons. The second-order valence-corrected chi connectivity index (χ2v) is 9.62. The fraction of sp³-hybridized carbons (Fsp3) is 0.409. The maximum absolute atomic E-state index is 13.9. The lowest BCUT2D eigenvalue weighted by atomic mass is 9.54. The molecule has 1 aromatic carbocycles. The van der Waals surface area contributed by atoms with Crippen LogP contribution in [-0.2, 0) is 20.0 Å². The lowest BCUT2D eigenvalue weighted by molar-refractivity contribution is -0.159. The maximum Gasteiger partial charge on any atom is 0.255 e. The summed E-state index contributed by atoms with van der Waals surface area (Å²) in [6.45, 7) is 1.35. The molecular weight excluding hydrogens is 470 g/mol. The fourth-order valence-corrected chi connectivity index (χ4v) is 6.07. The molecular formula is C22H24ClN3O8. The summed E-state index contributed by atoms with van der Waals surface area (Å²) >= 11 is 6.33. The van der Waals surface area contributed by atoms with Crippen molar-refractivity contribution in [1.82, 2.24) is 10.4 Å². The van der Waals surface area contributed by atoms with Gasteiger partial charge in [0.15, 0.2) is 11.4 Å². The van der Waals surface area contributed by atoms with Crippen molar-refractivity contribution in [3.63, 3.8) is 0 Å². The standard InChI is InChI=1S/C22H24ClN3O8/c1-21(32)7-6-8-16(26(2)3)17(28)13(20(24)31)19(30)22(8,33)18(29)11(7)15(25-34)12-10(27)5-4-9(23)14(12)21/h4-5,7-8,16,25,27,30,32-34H,6H2,1-3H3,(H2,24,31)/t7?,8?,16-,21?,22?/m0/s1. The lowest BCUT2D eigenvalue weighted by Gasteiger charge is -2.53. The summed E-state index contributed by atoms with van der Waals surface area (Å²) in [6.07, 6.45) is -0.244. The van der Waals surface area contributed by atoms with Gasteiger partial charge in [-0.25, -0.2) is 0 Å². The van der Waals surface area contributed by atoms with Crippen molar-refractivity contribution in [1.29, 1.82) is 0 Å². The molecule has 3 aliphatic carbocycles. The van der Waals surface area contributed by atoms with Gasteiger partial charge in [0, 0.05) is 33.6 Å². The van der Waals surface area contributed by atoms with Crippen LogP contribution in [0.4, 0.5) is 0 Å². The molecule has 0 bridgehead atoms. The molecule has 0 aliphatic heterocycles. The first kappa shape index (κ1) is 24.2. The maximum atomic E-state index is 13.9. The first-order valence-corrected chi connectivity index (χ1v) is 10.7. The number of ketones is 2. The Labute approximate surface area is 198 Å². The molecule has 12 heteroatoms. The predicted octanol–water partition coefficient (Wildman–Crippen LogP) is -0.297. The van der Waals surface area contributed by atoms with Crippen molar-refractivity contribution in [3.05, 3.63) is 45.2 Å². The van der Waals surface area contributed by atoms with Crippen molar-refractivity contribution < 1.29 is 40.0 Å². The van der Waals surface area contributed by atoms with Gasteiger partial charge in [-0.1, -0.05) is 11.6 Å². The molecule has 4 unspecified atom stereocenters. The summed E-state index contributed by atoms with van der Waals surface area (Å²) in [5.41, 5.74) is 0.733. The number of carbonyl (C=O) groups is 3. The number of rotatable bonds is 3. The molecule has 0 heterocycles. The summed E-state index contributed by atoms with van der Waals surface area (Å²) < 4.78 is 0. The predicted molar refractivity (Wildman–Crippen MR) is 117 cm³/mol. The van der Waals surface area contributed by atoms with Crippen LogP contribution in [0.5, 0.6) is 5.75 Å². The van der Waals surface area contributed by atoms with Gasteiger partial charge in [0.25, 0.3) is 5.91 Å². The molecule has 1 amide bonds. The minimum absolute atomic E-state index is 0.0267. The molecule has 0 aromatic heterocycles. The van der Waals surface area contributed by atoms with E-state index in [1.807, 2.05) is 5.48 Å². The quantitative estimate of drug-likeness (QED) is 0.217. The Balaban J connectivity index is 2.10. The van der Waals surface area contributed by atoms with Crippen LogP contribution in [0.15, 0.2) is 29.0 Å². The van der Waals surface area contributed by atoms with E-state index in [1.54, 1.807) is 0 Å². The van der Waals surface area contributed by atoms with Gasteiger partial charge in [-0.3, -0.25) is 30.0 Å². The summed E-state index contributed by atoms with van der Waals surface area (Å²) in [5, 5.41) is 54.6. The Kier molecular flexibility index (Phi) is 5.35. The number of phenolic OH excluding ortho intramolecular Hbond substituents is 1. The number of Topliss-reactive ketones (excluding diaryl/α,β-unsaturated/α-hetero) is 2. The van der Waals surface area contributed by atoms with Gasteiger partial charge in [-0.15, -0.1) is 0 Å². The Bertz CT molecular complexity index is 1220. The van der Waals surface area contributed by atoms with E-state index in [-0.39, 0.29) is 33.8 Å². The van der Waals surface area contributed by atoms with E-state index in [0.29, 0.717) is 0 Å². The molecule has 11 nitrogen and oxygen atoms in total. The Morgan fingerprint density at radius 3 is 2.38 bits per heavy atom. The molecule has 1 saturated carbocycles. The number of likely N-dealkylation sites (N-methyl/N-ethyl adjacent to an activating group) is 1. The van der Waals surface area contributed by atoms with Gasteiger partial charge in [-0.2, -0.15) is 0 Å². The number of carbonyl (C=O) groups excluding carboxylic acids is 3. The van der Waals surface area contributed by atoms with Crippen LogP contribution in [0.25, 0.3) is 5.70 Å². The van der Waals surface area contributed by atoms with Crippen LogP contribution in [-0.4, -0.2) is 73.7 Å². The van der Waals surface area contributed by atoms with E-state index < -0.39 is 63.6 Å². The number of amides is 1. The van der Waals surface area contributed by atoms with Gasteiger partial charge >= 0.3 is 0 Å². The molecule has 8 N–H and O–H groups in total. The van der Waals surface area contributed by atoms with Crippen LogP contribution in [0.2, 0.25) is 5.02 Å². The second-order valence-electron chi connectivity index (χ2n) is 9.22. The van der Waals surface area contributed by atoms with Crippen LogP contribution in [0.3, 0.4) is 0 Å². The average molecular weight is 494 g/mol. The summed E-state index contributed by atoms with van der Waals surface area (Å²) in [6, 6.07) is 1.28. The van der Waals surface area contributed by atoms with Crippen LogP contribution >= 0.6 is 11.6 Å². The number of phenols is 1. The number of benzene rings is 1. The zero-order valence-corrected chi connectivity index (χ0v) is 19.2. The highest BCUT2D eigenvalue weighted by atomic mass is 35.5. The van der Waals surface area contributed by atoms with E-state index in [0.717, 1.165) is 0 Å². The number of primary amides is 1. The first-order valence-electron chi connectivity index (χ1n) is 10.3. The number of aliphatic hydroxyl groups is 3. The normalized spacial score (nSPS) is 33.0. The third-order valence-electron chi connectivity index (χ3n) is 7.21. The molecule has 5 atom stereocenters. The number of hydrogen-bond acceptors (Lipinski definition) is 10. The van der Waals surface area contributed by atoms with E-state index >= 15 is 0 Å². The van der Waals surface area contributed by atoms with Gasteiger partial charge in [0.1, 0.15) is 17.1 Å². The Hall–Kier alpha value is -2.96. The number of aliphatic hydroxyl groups excluding tert-OH is 1. The molecule has 1 fully saturated rings. The van der Waals surface area contributed by atoms with Gasteiger partial charge < -0.3 is 26.2 Å². The third kappa shape index (κ3) is 2.82.